The zero-order chi connectivity index (χ0) is 4.50. The molecule has 0 aromatic carbocycles. The summed E-state index contributed by atoms with van der Waals surface area (Å²) in [5.41, 5.74) is 0. The van der Waals surface area contributed by atoms with Gasteiger partial charge in [-0.15, -0.1) is 12.4 Å². The fraction of sp³-hybridized carbons (Fsp3) is 0. The number of hydrogen-bond donors (Lipinski definition) is 3. The summed E-state index contributed by atoms with van der Waals surface area (Å²) in [6, 6.07) is 0. The van der Waals surface area contributed by atoms with E-state index in [1.54, 1.807) is 0 Å². The first kappa shape index (κ1) is 22.4. The van der Waals surface area contributed by atoms with Crippen LogP contribution in [0.5, 0.6) is 0 Å². The Balaban J connectivity index is -0.0000000267. The Hall–Kier alpha value is 2.28. The molecule has 0 radical (unpaired) electrons. The van der Waals surface area contributed by atoms with Crippen LogP contribution in [-0.4, -0.2) is 44.2 Å². The maximum atomic E-state index is 8.88. The van der Waals surface area contributed by atoms with Gasteiger partial charge in [0.25, 0.3) is 0 Å². The maximum Gasteiger partial charge on any atom is 0 e. The molecule has 0 unspecified atom stereocenters. The molecule has 8 heteroatoms. The van der Waals surface area contributed by atoms with Crippen molar-refractivity contribution >= 4 is 49.8 Å². The van der Waals surface area contributed by atoms with E-state index in [0.717, 1.165) is 0 Å². The molecule has 0 amide bonds. The molecule has 46 valence electrons. The second-order valence-corrected chi connectivity index (χ2v) is 1.54. The molecular formula is H5ClNaO4PZr. The van der Waals surface area contributed by atoms with Crippen molar-refractivity contribution in [2.75, 3.05) is 0 Å². The van der Waals surface area contributed by atoms with Crippen molar-refractivity contribution in [3.05, 3.63) is 0 Å². The first-order valence-corrected chi connectivity index (χ1v) is 2.35. The molecule has 0 aliphatic heterocycles. The van der Waals surface area contributed by atoms with E-state index >= 15 is 0 Å². The van der Waals surface area contributed by atoms with Gasteiger partial charge in [0.05, 0.1) is 0 Å². The summed E-state index contributed by atoms with van der Waals surface area (Å²) in [5, 5.41) is 0. The summed E-state index contributed by atoms with van der Waals surface area (Å²) < 4.78 is 8.88. The third kappa shape index (κ3) is 84.3. The van der Waals surface area contributed by atoms with Crippen LogP contribution in [0.3, 0.4) is 0 Å². The van der Waals surface area contributed by atoms with E-state index < -0.39 is 7.82 Å². The molecule has 0 saturated heterocycles. The van der Waals surface area contributed by atoms with Crippen LogP contribution in [-0.2, 0) is 30.8 Å². The summed E-state index contributed by atoms with van der Waals surface area (Å²) in [4.78, 5) is 21.6. The number of halogens is 1. The molecule has 0 fully saturated rings. The van der Waals surface area contributed by atoms with Crippen molar-refractivity contribution in [1.29, 1.82) is 0 Å². The van der Waals surface area contributed by atoms with Gasteiger partial charge in [0.2, 0.25) is 0 Å². The van der Waals surface area contributed by atoms with Crippen molar-refractivity contribution in [3.8, 4) is 0 Å². The van der Waals surface area contributed by atoms with Crippen molar-refractivity contribution in [3.63, 3.8) is 0 Å². The number of phosphoric acid groups is 1. The van der Waals surface area contributed by atoms with Crippen LogP contribution >= 0.6 is 20.2 Å². The molecule has 0 aliphatic carbocycles. The van der Waals surface area contributed by atoms with E-state index in [1.807, 2.05) is 0 Å². The monoisotopic (exact) mass is 248 g/mol. The van der Waals surface area contributed by atoms with Gasteiger partial charge in [-0.25, -0.2) is 4.57 Å². The average molecular weight is 250 g/mol. The molecule has 0 aliphatic rings. The van der Waals surface area contributed by atoms with Gasteiger partial charge in [0.1, 0.15) is 0 Å². The van der Waals surface area contributed by atoms with Crippen molar-refractivity contribution in [2.24, 2.45) is 0 Å². The van der Waals surface area contributed by atoms with Gasteiger partial charge in [0.15, 0.2) is 0 Å². The Morgan fingerprint density at radius 1 is 1.12 bits per heavy atom. The Labute approximate surface area is 94.1 Å². The Morgan fingerprint density at radius 3 is 1.12 bits per heavy atom. The second-order valence-electron chi connectivity index (χ2n) is 0.513. The van der Waals surface area contributed by atoms with Crippen molar-refractivity contribution < 1.29 is 45.4 Å². The minimum atomic E-state index is -4.64. The summed E-state index contributed by atoms with van der Waals surface area (Å²) in [7, 11) is -4.64. The molecule has 0 heterocycles. The minimum Gasteiger partial charge on any atom is 0 e. The predicted molar refractivity (Wildman–Crippen MR) is 28.7 cm³/mol. The smallest absolute Gasteiger partial charge is 0 e. The van der Waals surface area contributed by atoms with Gasteiger partial charge < -0.3 is 14.7 Å². The van der Waals surface area contributed by atoms with E-state index in [9.17, 15) is 0 Å². The molecular weight excluding hydrogens is 245 g/mol. The van der Waals surface area contributed by atoms with Gasteiger partial charge in [-0.1, -0.05) is 0 Å². The third-order valence-corrected chi connectivity index (χ3v) is 0. The topological polar surface area (TPSA) is 77.8 Å². The summed E-state index contributed by atoms with van der Waals surface area (Å²) >= 11 is 0. The molecule has 4 nitrogen and oxygen atoms in total. The number of rotatable bonds is 0. The predicted octanol–water partition coefficient (Wildman–Crippen LogP) is -1.16. The van der Waals surface area contributed by atoms with E-state index in [4.69, 9.17) is 19.2 Å². The molecule has 0 aromatic rings. The minimum absolute atomic E-state index is 0. The Morgan fingerprint density at radius 2 is 1.12 bits per heavy atom. The second kappa shape index (κ2) is 9.28. The van der Waals surface area contributed by atoms with Crippen LogP contribution in [0.4, 0.5) is 0 Å². The van der Waals surface area contributed by atoms with E-state index in [1.165, 1.54) is 0 Å². The Bertz CT molecular complexity index is 62.2. The van der Waals surface area contributed by atoms with Crippen LogP contribution in [0.1, 0.15) is 0 Å². The molecule has 0 atom stereocenters. The largest absolute Gasteiger partial charge is 0 e. The first-order chi connectivity index (χ1) is 2.00. The third-order valence-electron chi connectivity index (χ3n) is 0. The van der Waals surface area contributed by atoms with Crippen molar-refractivity contribution in [2.45, 2.75) is 0 Å². The average Bonchev–Trinajstić information content (AvgIpc) is 0.722. The summed E-state index contributed by atoms with van der Waals surface area (Å²) in [6.45, 7) is 0. The van der Waals surface area contributed by atoms with Gasteiger partial charge >= 0.3 is 37.4 Å². The van der Waals surface area contributed by atoms with Crippen LogP contribution in [0.15, 0.2) is 0 Å². The molecule has 8 heavy (non-hydrogen) atoms. The van der Waals surface area contributed by atoms with E-state index in [0.29, 0.717) is 0 Å². The normalized spacial score (nSPS) is 7.38. The molecule has 0 bridgehead atoms. The first-order valence-electron chi connectivity index (χ1n) is 0.783. The van der Waals surface area contributed by atoms with Gasteiger partial charge in [-0.2, -0.15) is 0 Å². The maximum absolute atomic E-state index is 8.88. The zero-order valence-electron chi connectivity index (χ0n) is 3.11. The molecule has 0 spiro atoms. The standard InChI is InChI=1S/ClH.Na.H3O4P.Zr.H/c;;1-5(2,3)4;;/h1H;;(H3,1,2,3,4);;. The van der Waals surface area contributed by atoms with Crippen LogP contribution in [0, 0.1) is 0 Å². The van der Waals surface area contributed by atoms with Gasteiger partial charge in [-0.05, 0) is 0 Å². The SMILES string of the molecule is Cl.O=P(O)(O)O.[NaH].[Zr]. The van der Waals surface area contributed by atoms with Crippen LogP contribution in [0.2, 0.25) is 0 Å². The van der Waals surface area contributed by atoms with Crippen molar-refractivity contribution in [1.82, 2.24) is 0 Å². The summed E-state index contributed by atoms with van der Waals surface area (Å²) in [5.74, 6) is 0. The molecule has 0 saturated carbocycles. The van der Waals surface area contributed by atoms with Gasteiger partial charge in [0, 0.05) is 26.2 Å². The van der Waals surface area contributed by atoms with Crippen LogP contribution in [0.25, 0.3) is 0 Å². The van der Waals surface area contributed by atoms with E-state index in [-0.39, 0.29) is 68.2 Å². The Kier molecular flexibility index (Phi) is 26.0. The zero-order valence-corrected chi connectivity index (χ0v) is 7.27. The van der Waals surface area contributed by atoms with Crippen LogP contribution < -0.4 is 0 Å². The molecule has 3 N–H and O–H groups in total. The molecule has 0 aromatic heterocycles. The fourth-order valence-corrected chi connectivity index (χ4v) is 0. The summed E-state index contributed by atoms with van der Waals surface area (Å²) in [6.07, 6.45) is 0. The van der Waals surface area contributed by atoms with E-state index in [2.05, 4.69) is 0 Å². The fourth-order valence-electron chi connectivity index (χ4n) is 0. The van der Waals surface area contributed by atoms with Gasteiger partial charge in [-0.3, -0.25) is 0 Å². The molecule has 0 rings (SSSR count). The quantitative estimate of drug-likeness (QED) is 0.374. The number of hydrogen-bond acceptors (Lipinski definition) is 1.